The summed E-state index contributed by atoms with van der Waals surface area (Å²) in [6.45, 7) is 5.75. The van der Waals surface area contributed by atoms with Gasteiger partial charge in [-0.15, -0.1) is 0 Å². The van der Waals surface area contributed by atoms with E-state index in [-0.39, 0.29) is 6.54 Å². The van der Waals surface area contributed by atoms with Gasteiger partial charge in [0.15, 0.2) is 0 Å². The van der Waals surface area contributed by atoms with Crippen molar-refractivity contribution >= 4 is 5.69 Å². The summed E-state index contributed by atoms with van der Waals surface area (Å²) in [5.41, 5.74) is 6.57. The van der Waals surface area contributed by atoms with Gasteiger partial charge in [-0.3, -0.25) is 19.4 Å². The van der Waals surface area contributed by atoms with Crippen LogP contribution in [0.1, 0.15) is 19.4 Å². The molecule has 0 saturated heterocycles. The number of H-pyrrole nitrogens is 1. The standard InChI is InChI=1S/C14H17N5O2.C2H6/c1-10-7-18(14(21)17-13(10)20)8-11(15)9-19(16)12-5-3-2-4-6-12;1-2/h2-7,9H,8,15-16H2,1H3,(H,17,20,21);1-2H3/b11-9-;. The summed E-state index contributed by atoms with van der Waals surface area (Å²) < 4.78 is 1.32. The molecule has 2 aromatic rings. The van der Waals surface area contributed by atoms with Gasteiger partial charge in [-0.2, -0.15) is 0 Å². The molecule has 0 aliphatic rings. The second kappa shape index (κ2) is 8.60. The molecule has 0 fully saturated rings. The maximum atomic E-state index is 11.7. The van der Waals surface area contributed by atoms with Crippen molar-refractivity contribution in [2.45, 2.75) is 27.3 Å². The Kier molecular flexibility index (Phi) is 6.82. The number of aromatic amines is 1. The van der Waals surface area contributed by atoms with E-state index in [1.165, 1.54) is 22.0 Å². The molecule has 0 aliphatic heterocycles. The summed E-state index contributed by atoms with van der Waals surface area (Å²) in [5.74, 6) is 5.87. The summed E-state index contributed by atoms with van der Waals surface area (Å²) in [6, 6.07) is 9.26. The SMILES string of the molecule is CC.Cc1cn(C/C(N)=C/N(N)c2ccccc2)c(=O)[nH]c1=O. The number of nitrogens with zero attached hydrogens (tertiary/aromatic N) is 2. The molecule has 7 nitrogen and oxygen atoms in total. The fourth-order valence-corrected chi connectivity index (χ4v) is 1.83. The monoisotopic (exact) mass is 317 g/mol. The van der Waals surface area contributed by atoms with Crippen LogP contribution in [0.5, 0.6) is 0 Å². The molecular formula is C16H23N5O2. The quantitative estimate of drug-likeness (QED) is 0.577. The Bertz CT molecular complexity index is 762. The first-order valence-corrected chi connectivity index (χ1v) is 7.33. The maximum absolute atomic E-state index is 11.7. The number of benzene rings is 1. The van der Waals surface area contributed by atoms with Crippen molar-refractivity contribution in [1.29, 1.82) is 0 Å². The Labute approximate surface area is 134 Å². The molecule has 0 spiro atoms. The highest BCUT2D eigenvalue weighted by Crippen LogP contribution is 2.10. The van der Waals surface area contributed by atoms with E-state index in [2.05, 4.69) is 4.98 Å². The van der Waals surface area contributed by atoms with Crippen LogP contribution in [-0.2, 0) is 6.54 Å². The number of nitrogens with two attached hydrogens (primary N) is 2. The Morgan fingerprint density at radius 2 is 1.87 bits per heavy atom. The fourth-order valence-electron chi connectivity index (χ4n) is 1.83. The Hall–Kier alpha value is -2.80. The van der Waals surface area contributed by atoms with Gasteiger partial charge in [-0.1, -0.05) is 32.0 Å². The summed E-state index contributed by atoms with van der Waals surface area (Å²) >= 11 is 0. The minimum Gasteiger partial charge on any atom is -0.399 e. The Morgan fingerprint density at radius 3 is 2.48 bits per heavy atom. The van der Waals surface area contributed by atoms with Crippen molar-refractivity contribution < 1.29 is 0 Å². The molecule has 0 aliphatic carbocycles. The average Bonchev–Trinajstić information content (AvgIpc) is 2.55. The molecular weight excluding hydrogens is 294 g/mol. The van der Waals surface area contributed by atoms with Crippen molar-refractivity contribution in [3.63, 3.8) is 0 Å². The number of aryl methyl sites for hydroxylation is 1. The molecule has 2 rings (SSSR count). The van der Waals surface area contributed by atoms with E-state index in [1.807, 2.05) is 44.2 Å². The van der Waals surface area contributed by atoms with Gasteiger partial charge in [0.2, 0.25) is 0 Å². The predicted molar refractivity (Wildman–Crippen MR) is 92.8 cm³/mol. The normalized spacial score (nSPS) is 10.7. The second-order valence-electron chi connectivity index (χ2n) is 4.65. The average molecular weight is 317 g/mol. The largest absolute Gasteiger partial charge is 0.399 e. The Balaban J connectivity index is 0.00000127. The number of para-hydroxylation sites is 1. The van der Waals surface area contributed by atoms with Crippen molar-refractivity contribution in [1.82, 2.24) is 9.55 Å². The first kappa shape index (κ1) is 18.2. The van der Waals surface area contributed by atoms with E-state index < -0.39 is 11.2 Å². The highest BCUT2D eigenvalue weighted by Gasteiger charge is 2.03. The Morgan fingerprint density at radius 1 is 1.26 bits per heavy atom. The highest BCUT2D eigenvalue weighted by atomic mass is 16.2. The van der Waals surface area contributed by atoms with Gasteiger partial charge < -0.3 is 5.73 Å². The van der Waals surface area contributed by atoms with Crippen LogP contribution >= 0.6 is 0 Å². The molecule has 1 heterocycles. The molecule has 1 aromatic heterocycles. The molecule has 0 bridgehead atoms. The molecule has 0 amide bonds. The van der Waals surface area contributed by atoms with Gasteiger partial charge in [-0.05, 0) is 19.1 Å². The summed E-state index contributed by atoms with van der Waals surface area (Å²) in [6.07, 6.45) is 2.99. The zero-order valence-corrected chi connectivity index (χ0v) is 13.6. The van der Waals surface area contributed by atoms with E-state index in [0.29, 0.717) is 11.3 Å². The van der Waals surface area contributed by atoms with Gasteiger partial charge in [0.05, 0.1) is 12.2 Å². The van der Waals surface area contributed by atoms with Crippen LogP contribution in [0.3, 0.4) is 0 Å². The van der Waals surface area contributed by atoms with E-state index in [0.717, 1.165) is 5.69 Å². The zero-order valence-electron chi connectivity index (χ0n) is 13.6. The van der Waals surface area contributed by atoms with Crippen LogP contribution in [-0.4, -0.2) is 9.55 Å². The zero-order chi connectivity index (χ0) is 17.4. The molecule has 0 saturated carbocycles. The molecule has 0 unspecified atom stereocenters. The van der Waals surface area contributed by atoms with E-state index in [9.17, 15) is 9.59 Å². The van der Waals surface area contributed by atoms with Gasteiger partial charge in [0.1, 0.15) is 0 Å². The van der Waals surface area contributed by atoms with Crippen LogP contribution in [0.25, 0.3) is 0 Å². The van der Waals surface area contributed by atoms with Crippen molar-refractivity contribution in [2.75, 3.05) is 5.01 Å². The van der Waals surface area contributed by atoms with Gasteiger partial charge in [0, 0.05) is 23.7 Å². The van der Waals surface area contributed by atoms with Gasteiger partial charge in [0.25, 0.3) is 5.56 Å². The van der Waals surface area contributed by atoms with Gasteiger partial charge >= 0.3 is 5.69 Å². The molecule has 5 N–H and O–H groups in total. The first-order valence-electron chi connectivity index (χ1n) is 7.33. The maximum Gasteiger partial charge on any atom is 0.328 e. The van der Waals surface area contributed by atoms with Crippen molar-refractivity contribution in [3.8, 4) is 0 Å². The molecule has 0 radical (unpaired) electrons. The van der Waals surface area contributed by atoms with Crippen molar-refractivity contribution in [3.05, 3.63) is 74.8 Å². The predicted octanol–water partition coefficient (Wildman–Crippen LogP) is 1.05. The lowest BCUT2D eigenvalue weighted by Crippen LogP contribution is -2.33. The number of anilines is 1. The number of aromatic nitrogens is 2. The molecule has 7 heteroatoms. The van der Waals surface area contributed by atoms with Crippen LogP contribution < -0.4 is 27.8 Å². The third-order valence-corrected chi connectivity index (χ3v) is 2.90. The van der Waals surface area contributed by atoms with E-state index in [1.54, 1.807) is 6.92 Å². The molecule has 1 aromatic carbocycles. The highest BCUT2D eigenvalue weighted by molar-refractivity contribution is 5.47. The molecule has 23 heavy (non-hydrogen) atoms. The lowest BCUT2D eigenvalue weighted by Gasteiger charge is -2.15. The fraction of sp³-hybridized carbons (Fsp3) is 0.250. The minimum atomic E-state index is -0.509. The van der Waals surface area contributed by atoms with Crippen LogP contribution in [0.2, 0.25) is 0 Å². The lowest BCUT2D eigenvalue weighted by atomic mass is 10.3. The van der Waals surface area contributed by atoms with Crippen molar-refractivity contribution in [2.24, 2.45) is 11.6 Å². The minimum absolute atomic E-state index is 0.136. The first-order chi connectivity index (χ1) is 11.0. The number of hydrogen-bond acceptors (Lipinski definition) is 5. The van der Waals surface area contributed by atoms with Crippen LogP contribution in [0.4, 0.5) is 5.69 Å². The smallest absolute Gasteiger partial charge is 0.328 e. The topological polar surface area (TPSA) is 110 Å². The summed E-state index contributed by atoms with van der Waals surface area (Å²) in [5, 5.41) is 1.37. The summed E-state index contributed by atoms with van der Waals surface area (Å²) in [7, 11) is 0. The van der Waals surface area contributed by atoms with Crippen LogP contribution in [0.15, 0.2) is 58.0 Å². The van der Waals surface area contributed by atoms with Crippen LogP contribution in [0, 0.1) is 6.92 Å². The van der Waals surface area contributed by atoms with Gasteiger partial charge in [-0.25, -0.2) is 10.6 Å². The third-order valence-electron chi connectivity index (χ3n) is 2.90. The molecule has 0 atom stereocenters. The second-order valence-corrected chi connectivity index (χ2v) is 4.65. The number of nitrogens with one attached hydrogen (secondary N) is 1. The van der Waals surface area contributed by atoms with E-state index in [4.69, 9.17) is 11.6 Å². The third kappa shape index (κ3) is 5.15. The molecule has 124 valence electrons. The number of rotatable bonds is 4. The van der Waals surface area contributed by atoms with E-state index >= 15 is 0 Å². The number of allylic oxidation sites excluding steroid dienone is 1. The number of hydrogen-bond donors (Lipinski definition) is 3. The summed E-state index contributed by atoms with van der Waals surface area (Å²) in [4.78, 5) is 25.2. The lowest BCUT2D eigenvalue weighted by molar-refractivity contribution is 0.695. The number of hydrazine groups is 1.